The smallest absolute Gasteiger partial charge is 0.00956 e. The maximum Gasteiger partial charge on any atom is 0.00956 e. The van der Waals surface area contributed by atoms with Crippen molar-refractivity contribution < 1.29 is 0 Å². The molecule has 0 spiro atoms. The van der Waals surface area contributed by atoms with Crippen LogP contribution in [0.15, 0.2) is 17.5 Å². The van der Waals surface area contributed by atoms with Gasteiger partial charge in [0.25, 0.3) is 0 Å². The minimum atomic E-state index is 0.657. The monoisotopic (exact) mass is 289 g/mol. The van der Waals surface area contributed by atoms with E-state index in [4.69, 9.17) is 0 Å². The molecule has 1 nitrogen and oxygen atoms in total. The molecule has 20 heavy (non-hydrogen) atoms. The number of thiophene rings is 1. The summed E-state index contributed by atoms with van der Waals surface area (Å²) >= 11 is 1.89. The van der Waals surface area contributed by atoms with Gasteiger partial charge in [-0.2, -0.15) is 0 Å². The van der Waals surface area contributed by atoms with Crippen LogP contribution in [0.25, 0.3) is 0 Å². The van der Waals surface area contributed by atoms with Crippen LogP contribution in [0.2, 0.25) is 0 Å². The van der Waals surface area contributed by atoms with E-state index in [2.05, 4.69) is 29.8 Å². The molecule has 2 heteroatoms. The van der Waals surface area contributed by atoms with Crippen LogP contribution >= 0.6 is 11.3 Å². The van der Waals surface area contributed by atoms with Gasteiger partial charge in [0.1, 0.15) is 0 Å². The van der Waals surface area contributed by atoms with Crippen molar-refractivity contribution in [3.05, 3.63) is 22.4 Å². The molecular weight excluding hydrogens is 262 g/mol. The first-order chi connectivity index (χ1) is 9.73. The van der Waals surface area contributed by atoms with Crippen molar-refractivity contribution in [1.29, 1.82) is 0 Å². The third-order valence-electron chi connectivity index (χ3n) is 6.41. The van der Waals surface area contributed by atoms with Crippen molar-refractivity contribution in [3.8, 4) is 0 Å². The summed E-state index contributed by atoms with van der Waals surface area (Å²) in [6.07, 6.45) is 10.4. The third kappa shape index (κ3) is 2.35. The maximum absolute atomic E-state index is 3.88. The Balaban J connectivity index is 1.37. The fraction of sp³-hybridized carbons (Fsp3) is 0.778. The van der Waals surface area contributed by atoms with E-state index in [0.29, 0.717) is 5.41 Å². The molecular formula is C18H27NS. The molecule has 1 aromatic heterocycles. The number of hydrogen-bond acceptors (Lipinski definition) is 2. The van der Waals surface area contributed by atoms with Gasteiger partial charge in [0.2, 0.25) is 0 Å². The van der Waals surface area contributed by atoms with E-state index in [0.717, 1.165) is 30.3 Å². The van der Waals surface area contributed by atoms with Gasteiger partial charge in [0.15, 0.2) is 0 Å². The standard InChI is InChI=1S/C18H27NS/c1-13(19-5-4-17-3-2-6-20-17)18-10-14-7-15(11-18)9-16(8-14)12-18/h2-3,6,13-16,19H,4-5,7-12H2,1H3. The molecule has 5 rings (SSSR count). The molecule has 4 bridgehead atoms. The summed E-state index contributed by atoms with van der Waals surface area (Å²) in [6, 6.07) is 5.15. The molecule has 1 unspecified atom stereocenters. The topological polar surface area (TPSA) is 12.0 Å². The van der Waals surface area contributed by atoms with Crippen LogP contribution in [-0.4, -0.2) is 12.6 Å². The van der Waals surface area contributed by atoms with Gasteiger partial charge in [-0.15, -0.1) is 11.3 Å². The van der Waals surface area contributed by atoms with E-state index in [9.17, 15) is 0 Å². The van der Waals surface area contributed by atoms with Crippen LogP contribution in [0.4, 0.5) is 0 Å². The van der Waals surface area contributed by atoms with Crippen LogP contribution in [0.5, 0.6) is 0 Å². The maximum atomic E-state index is 3.88. The molecule has 4 fully saturated rings. The van der Waals surface area contributed by atoms with Gasteiger partial charge < -0.3 is 5.32 Å². The predicted octanol–water partition coefficient (Wildman–Crippen LogP) is 4.49. The molecule has 110 valence electrons. The summed E-state index contributed by atoms with van der Waals surface area (Å²) in [6.45, 7) is 3.63. The second kappa shape index (κ2) is 5.14. The molecule has 1 atom stereocenters. The van der Waals surface area contributed by atoms with Crippen LogP contribution in [0.1, 0.15) is 50.3 Å². The van der Waals surface area contributed by atoms with E-state index in [1.54, 1.807) is 19.3 Å². The van der Waals surface area contributed by atoms with E-state index < -0.39 is 0 Å². The van der Waals surface area contributed by atoms with Crippen molar-refractivity contribution in [2.24, 2.45) is 23.2 Å². The van der Waals surface area contributed by atoms with Crippen molar-refractivity contribution in [2.75, 3.05) is 6.54 Å². The summed E-state index contributed by atoms with van der Waals surface area (Å²) in [4.78, 5) is 1.52. The quantitative estimate of drug-likeness (QED) is 0.842. The number of nitrogens with one attached hydrogen (secondary N) is 1. The van der Waals surface area contributed by atoms with E-state index in [1.165, 1.54) is 30.6 Å². The Bertz CT molecular complexity index is 415. The highest BCUT2D eigenvalue weighted by molar-refractivity contribution is 7.09. The molecule has 0 aromatic carbocycles. The van der Waals surface area contributed by atoms with Gasteiger partial charge >= 0.3 is 0 Å². The van der Waals surface area contributed by atoms with Gasteiger partial charge in [-0.25, -0.2) is 0 Å². The van der Waals surface area contributed by atoms with Crippen LogP contribution in [0.3, 0.4) is 0 Å². The lowest BCUT2D eigenvalue weighted by Crippen LogP contribution is -2.55. The summed E-state index contributed by atoms with van der Waals surface area (Å²) < 4.78 is 0. The zero-order valence-electron chi connectivity index (χ0n) is 12.6. The Kier molecular flexibility index (Phi) is 3.42. The molecule has 1 heterocycles. The lowest BCUT2D eigenvalue weighted by atomic mass is 9.48. The largest absolute Gasteiger partial charge is 0.313 e. The van der Waals surface area contributed by atoms with E-state index >= 15 is 0 Å². The van der Waals surface area contributed by atoms with Crippen molar-refractivity contribution in [1.82, 2.24) is 5.32 Å². The van der Waals surface area contributed by atoms with Crippen LogP contribution in [0, 0.1) is 23.2 Å². The molecule has 0 saturated heterocycles. The van der Waals surface area contributed by atoms with Gasteiger partial charge in [-0.05, 0) is 86.5 Å². The first-order valence-corrected chi connectivity index (χ1v) is 9.37. The molecule has 4 aliphatic carbocycles. The SMILES string of the molecule is CC(NCCc1cccs1)C12CC3CC(CC(C3)C1)C2. The highest BCUT2D eigenvalue weighted by Gasteiger charge is 2.52. The summed E-state index contributed by atoms with van der Waals surface area (Å²) in [5.74, 6) is 3.22. The fourth-order valence-corrected chi connectivity index (χ4v) is 6.50. The second-order valence-corrected chi connectivity index (χ2v) is 8.82. The van der Waals surface area contributed by atoms with Crippen LogP contribution < -0.4 is 5.32 Å². The highest BCUT2D eigenvalue weighted by Crippen LogP contribution is 2.61. The van der Waals surface area contributed by atoms with Gasteiger partial charge in [0.05, 0.1) is 0 Å². The molecule has 0 amide bonds. The summed E-state index contributed by atoms with van der Waals surface area (Å²) in [7, 11) is 0. The molecule has 4 aliphatic rings. The number of hydrogen-bond donors (Lipinski definition) is 1. The van der Waals surface area contributed by atoms with Gasteiger partial charge in [-0.3, -0.25) is 0 Å². The van der Waals surface area contributed by atoms with Crippen LogP contribution in [-0.2, 0) is 6.42 Å². The summed E-state index contributed by atoms with van der Waals surface area (Å²) in [5, 5.41) is 6.08. The molecule has 4 saturated carbocycles. The van der Waals surface area contributed by atoms with Crippen molar-refractivity contribution >= 4 is 11.3 Å². The lowest BCUT2D eigenvalue weighted by molar-refractivity contribution is -0.0702. The highest BCUT2D eigenvalue weighted by atomic mass is 32.1. The Morgan fingerprint density at radius 2 is 1.85 bits per heavy atom. The minimum absolute atomic E-state index is 0.657. The third-order valence-corrected chi connectivity index (χ3v) is 7.34. The zero-order valence-corrected chi connectivity index (χ0v) is 13.4. The minimum Gasteiger partial charge on any atom is -0.313 e. The van der Waals surface area contributed by atoms with Crippen molar-refractivity contribution in [2.45, 2.75) is 57.9 Å². The fourth-order valence-electron chi connectivity index (χ4n) is 5.79. The van der Waals surface area contributed by atoms with Gasteiger partial charge in [-0.1, -0.05) is 6.07 Å². The Hall–Kier alpha value is -0.340. The van der Waals surface area contributed by atoms with E-state index in [-0.39, 0.29) is 0 Å². The predicted molar refractivity (Wildman–Crippen MR) is 86.1 cm³/mol. The number of rotatable bonds is 5. The molecule has 1 N–H and O–H groups in total. The average Bonchev–Trinajstić information content (AvgIpc) is 2.90. The Morgan fingerprint density at radius 1 is 1.20 bits per heavy atom. The normalized spacial score (nSPS) is 40.1. The Morgan fingerprint density at radius 3 is 2.40 bits per heavy atom. The first-order valence-electron chi connectivity index (χ1n) is 8.49. The molecule has 0 aliphatic heterocycles. The molecule has 0 radical (unpaired) electrons. The zero-order chi connectivity index (χ0) is 13.6. The van der Waals surface area contributed by atoms with E-state index in [1.807, 2.05) is 11.3 Å². The lowest BCUT2D eigenvalue weighted by Gasteiger charge is -2.59. The first kappa shape index (κ1) is 13.3. The molecule has 1 aromatic rings. The van der Waals surface area contributed by atoms with Gasteiger partial charge in [0, 0.05) is 17.5 Å². The summed E-state index contributed by atoms with van der Waals surface area (Å²) in [5.41, 5.74) is 0.657. The average molecular weight is 289 g/mol. The Labute approximate surface area is 127 Å². The second-order valence-electron chi connectivity index (χ2n) is 7.79. The van der Waals surface area contributed by atoms with Crippen molar-refractivity contribution in [3.63, 3.8) is 0 Å².